The Morgan fingerprint density at radius 1 is 1.35 bits per heavy atom. The second kappa shape index (κ2) is 7.09. The van der Waals surface area contributed by atoms with Gasteiger partial charge in [0, 0.05) is 38.5 Å². The highest BCUT2D eigenvalue weighted by Gasteiger charge is 2.47. The van der Waals surface area contributed by atoms with Gasteiger partial charge in [0.25, 0.3) is 5.91 Å². The maximum Gasteiger partial charge on any atom is 0.410 e. The van der Waals surface area contributed by atoms with Gasteiger partial charge < -0.3 is 19.3 Å². The summed E-state index contributed by atoms with van der Waals surface area (Å²) in [5.74, 6) is -1.99. The molecule has 1 aromatic carbocycles. The molecule has 1 atom stereocenters. The first kappa shape index (κ1) is 18.4. The lowest BCUT2D eigenvalue weighted by molar-refractivity contribution is -0.141. The first-order chi connectivity index (χ1) is 12.3. The lowest BCUT2D eigenvalue weighted by Crippen LogP contribution is -2.51. The third-order valence-corrected chi connectivity index (χ3v) is 4.95. The SMILES string of the molecule is CCN1CC2(CCN(C(=O)[C@@H](C)Oc3ccc(F)cc3F)CC2)OC1=O. The van der Waals surface area contributed by atoms with Gasteiger partial charge in [-0.05, 0) is 26.0 Å². The van der Waals surface area contributed by atoms with Crippen LogP contribution in [-0.2, 0) is 9.53 Å². The second-order valence-corrected chi connectivity index (χ2v) is 6.73. The van der Waals surface area contributed by atoms with Gasteiger partial charge in [-0.25, -0.2) is 13.6 Å². The van der Waals surface area contributed by atoms with E-state index in [1.807, 2.05) is 6.92 Å². The molecule has 0 saturated carbocycles. The molecule has 2 fully saturated rings. The average molecular weight is 368 g/mol. The van der Waals surface area contributed by atoms with Crippen molar-refractivity contribution in [2.45, 2.75) is 38.4 Å². The summed E-state index contributed by atoms with van der Waals surface area (Å²) in [4.78, 5) is 27.6. The summed E-state index contributed by atoms with van der Waals surface area (Å²) in [5, 5.41) is 0. The topological polar surface area (TPSA) is 59.1 Å². The standard InChI is InChI=1S/C18H22F2N2O4/c1-3-21-11-18(26-17(21)24)6-8-22(9-7-18)16(23)12(2)25-15-5-4-13(19)10-14(15)20/h4-5,10,12H,3,6-9,11H2,1-2H3/t12-/m1/s1. The molecule has 142 valence electrons. The highest BCUT2D eigenvalue weighted by Crippen LogP contribution is 2.33. The van der Waals surface area contributed by atoms with Gasteiger partial charge in [-0.2, -0.15) is 0 Å². The molecule has 26 heavy (non-hydrogen) atoms. The van der Waals surface area contributed by atoms with E-state index >= 15 is 0 Å². The van der Waals surface area contributed by atoms with Crippen molar-refractivity contribution in [2.24, 2.45) is 0 Å². The second-order valence-electron chi connectivity index (χ2n) is 6.73. The summed E-state index contributed by atoms with van der Waals surface area (Å²) < 4.78 is 37.5. The summed E-state index contributed by atoms with van der Waals surface area (Å²) in [6.07, 6.45) is -0.102. The Morgan fingerprint density at radius 3 is 2.62 bits per heavy atom. The van der Waals surface area contributed by atoms with Crippen molar-refractivity contribution in [2.75, 3.05) is 26.2 Å². The van der Waals surface area contributed by atoms with E-state index in [0.29, 0.717) is 45.1 Å². The molecule has 0 aliphatic carbocycles. The number of piperidine rings is 1. The number of likely N-dealkylation sites (tertiary alicyclic amines) is 1. The molecular formula is C18H22F2N2O4. The van der Waals surface area contributed by atoms with E-state index in [9.17, 15) is 18.4 Å². The van der Waals surface area contributed by atoms with Crippen LogP contribution in [0.1, 0.15) is 26.7 Å². The fourth-order valence-corrected chi connectivity index (χ4v) is 3.40. The minimum atomic E-state index is -0.901. The Balaban J connectivity index is 1.57. The fourth-order valence-electron chi connectivity index (χ4n) is 3.40. The van der Waals surface area contributed by atoms with Crippen LogP contribution in [0.4, 0.5) is 13.6 Å². The zero-order valence-corrected chi connectivity index (χ0v) is 14.8. The number of nitrogens with zero attached hydrogens (tertiary/aromatic N) is 2. The first-order valence-corrected chi connectivity index (χ1v) is 8.72. The van der Waals surface area contributed by atoms with Gasteiger partial charge in [0.1, 0.15) is 11.4 Å². The molecule has 1 aromatic rings. The number of carbonyl (C=O) groups is 2. The van der Waals surface area contributed by atoms with E-state index < -0.39 is 23.3 Å². The molecular weight excluding hydrogens is 346 g/mol. The van der Waals surface area contributed by atoms with Gasteiger partial charge in [0.05, 0.1) is 6.54 Å². The van der Waals surface area contributed by atoms with E-state index in [0.717, 1.165) is 12.1 Å². The van der Waals surface area contributed by atoms with Crippen molar-refractivity contribution in [1.29, 1.82) is 0 Å². The maximum atomic E-state index is 13.7. The van der Waals surface area contributed by atoms with Crippen molar-refractivity contribution in [3.8, 4) is 5.75 Å². The molecule has 8 heteroatoms. The minimum absolute atomic E-state index is 0.163. The van der Waals surface area contributed by atoms with Crippen LogP contribution < -0.4 is 4.74 Å². The number of hydrogen-bond acceptors (Lipinski definition) is 4. The fraction of sp³-hybridized carbons (Fsp3) is 0.556. The molecule has 2 amide bonds. The lowest BCUT2D eigenvalue weighted by Gasteiger charge is -2.38. The van der Waals surface area contributed by atoms with Crippen LogP contribution in [0.3, 0.4) is 0 Å². The van der Waals surface area contributed by atoms with Gasteiger partial charge in [0.15, 0.2) is 17.7 Å². The van der Waals surface area contributed by atoms with Gasteiger partial charge >= 0.3 is 6.09 Å². The van der Waals surface area contributed by atoms with Crippen molar-refractivity contribution >= 4 is 12.0 Å². The number of benzene rings is 1. The molecule has 2 aliphatic heterocycles. The quantitative estimate of drug-likeness (QED) is 0.820. The third-order valence-electron chi connectivity index (χ3n) is 4.95. The Hall–Kier alpha value is -2.38. The summed E-state index contributed by atoms with van der Waals surface area (Å²) in [6, 6.07) is 2.95. The lowest BCUT2D eigenvalue weighted by atomic mass is 9.91. The van der Waals surface area contributed by atoms with Crippen molar-refractivity contribution in [3.63, 3.8) is 0 Å². The molecule has 1 spiro atoms. The van der Waals surface area contributed by atoms with Crippen molar-refractivity contribution < 1.29 is 27.8 Å². The molecule has 0 aromatic heterocycles. The largest absolute Gasteiger partial charge is 0.478 e. The number of hydrogen-bond donors (Lipinski definition) is 0. The number of ether oxygens (including phenoxy) is 2. The zero-order chi connectivity index (χ0) is 18.9. The highest BCUT2D eigenvalue weighted by molar-refractivity contribution is 5.81. The van der Waals surface area contributed by atoms with Crippen LogP contribution in [0, 0.1) is 11.6 Å². The summed E-state index contributed by atoms with van der Waals surface area (Å²) in [5.41, 5.74) is -0.531. The van der Waals surface area contributed by atoms with E-state index in [4.69, 9.17) is 9.47 Å². The predicted octanol–water partition coefficient (Wildman–Crippen LogP) is 2.57. The number of amides is 2. The van der Waals surface area contributed by atoms with Crippen LogP contribution in [0.25, 0.3) is 0 Å². The Labute approximate surface area is 150 Å². The first-order valence-electron chi connectivity index (χ1n) is 8.72. The van der Waals surface area contributed by atoms with Crippen LogP contribution in [0.2, 0.25) is 0 Å². The molecule has 2 saturated heterocycles. The van der Waals surface area contributed by atoms with Gasteiger partial charge in [-0.3, -0.25) is 4.79 Å². The van der Waals surface area contributed by atoms with Gasteiger partial charge in [-0.15, -0.1) is 0 Å². The van der Waals surface area contributed by atoms with E-state index in [1.165, 1.54) is 6.92 Å². The third kappa shape index (κ3) is 3.59. The Bertz CT molecular complexity index is 704. The monoisotopic (exact) mass is 368 g/mol. The van der Waals surface area contributed by atoms with Crippen LogP contribution in [0.5, 0.6) is 5.75 Å². The number of halogens is 2. The summed E-state index contributed by atoms with van der Waals surface area (Å²) in [6.45, 7) is 5.43. The Morgan fingerprint density at radius 2 is 2.04 bits per heavy atom. The van der Waals surface area contributed by atoms with Crippen LogP contribution >= 0.6 is 0 Å². The normalized spacial score (nSPS) is 20.2. The molecule has 0 unspecified atom stereocenters. The van der Waals surface area contributed by atoms with Gasteiger partial charge in [0.2, 0.25) is 0 Å². The zero-order valence-electron chi connectivity index (χ0n) is 14.8. The molecule has 0 bridgehead atoms. The predicted molar refractivity (Wildman–Crippen MR) is 88.7 cm³/mol. The molecule has 0 radical (unpaired) electrons. The smallest absolute Gasteiger partial charge is 0.410 e. The Kier molecular flexibility index (Phi) is 5.02. The summed E-state index contributed by atoms with van der Waals surface area (Å²) >= 11 is 0. The van der Waals surface area contributed by atoms with Crippen molar-refractivity contribution in [3.05, 3.63) is 29.8 Å². The number of carbonyl (C=O) groups excluding carboxylic acids is 2. The molecule has 2 heterocycles. The van der Waals surface area contributed by atoms with Gasteiger partial charge in [-0.1, -0.05) is 0 Å². The van der Waals surface area contributed by atoms with E-state index in [-0.39, 0.29) is 17.7 Å². The average Bonchev–Trinajstić information content (AvgIpc) is 2.92. The molecule has 3 rings (SSSR count). The highest BCUT2D eigenvalue weighted by atomic mass is 19.1. The molecule has 6 nitrogen and oxygen atoms in total. The maximum absolute atomic E-state index is 13.7. The number of rotatable bonds is 4. The number of likely N-dealkylation sites (N-methyl/N-ethyl adjacent to an activating group) is 1. The van der Waals surface area contributed by atoms with E-state index in [1.54, 1.807) is 9.80 Å². The summed E-state index contributed by atoms with van der Waals surface area (Å²) in [7, 11) is 0. The van der Waals surface area contributed by atoms with Crippen LogP contribution in [-0.4, -0.2) is 59.7 Å². The molecule has 2 aliphatic rings. The van der Waals surface area contributed by atoms with E-state index in [2.05, 4.69) is 0 Å². The van der Waals surface area contributed by atoms with Crippen molar-refractivity contribution in [1.82, 2.24) is 9.80 Å². The molecule has 0 N–H and O–H groups in total. The minimum Gasteiger partial charge on any atom is -0.478 e. The van der Waals surface area contributed by atoms with Crippen LogP contribution in [0.15, 0.2) is 18.2 Å².